The third-order valence-corrected chi connectivity index (χ3v) is 5.41. The van der Waals surface area contributed by atoms with E-state index in [9.17, 15) is 9.59 Å². The van der Waals surface area contributed by atoms with Crippen LogP contribution in [0.2, 0.25) is 0 Å². The molecule has 20 heavy (non-hydrogen) atoms. The maximum atomic E-state index is 13.1. The lowest BCUT2D eigenvalue weighted by Crippen LogP contribution is -2.58. The highest BCUT2D eigenvalue weighted by molar-refractivity contribution is 5.93. The van der Waals surface area contributed by atoms with E-state index in [4.69, 9.17) is 0 Å². The van der Waals surface area contributed by atoms with E-state index < -0.39 is 5.54 Å². The Bertz CT molecular complexity index is 397. The van der Waals surface area contributed by atoms with Crippen LogP contribution in [0.3, 0.4) is 0 Å². The Kier molecular flexibility index (Phi) is 3.51. The summed E-state index contributed by atoms with van der Waals surface area (Å²) < 4.78 is 0. The minimum atomic E-state index is -0.657. The summed E-state index contributed by atoms with van der Waals surface area (Å²) in [4.78, 5) is 27.2. The first-order valence-corrected chi connectivity index (χ1v) is 8.23. The molecule has 4 nitrogen and oxygen atoms in total. The van der Waals surface area contributed by atoms with Crippen LogP contribution in [0.5, 0.6) is 0 Å². The fraction of sp³-hybridized carbons (Fsp3) is 0.875. The van der Waals surface area contributed by atoms with Gasteiger partial charge in [-0.25, -0.2) is 0 Å². The molecule has 1 aliphatic heterocycles. The molecule has 0 aromatic rings. The number of hydrogen-bond donors (Lipinski definition) is 1. The van der Waals surface area contributed by atoms with Crippen LogP contribution < -0.4 is 5.32 Å². The van der Waals surface area contributed by atoms with Gasteiger partial charge in [-0.05, 0) is 50.4 Å². The van der Waals surface area contributed by atoms with Gasteiger partial charge in [0.25, 0.3) is 0 Å². The third-order valence-electron chi connectivity index (χ3n) is 5.41. The van der Waals surface area contributed by atoms with Crippen molar-refractivity contribution in [3.05, 3.63) is 0 Å². The quantitative estimate of drug-likeness (QED) is 0.837. The highest BCUT2D eigenvalue weighted by atomic mass is 16.2. The molecule has 1 heterocycles. The van der Waals surface area contributed by atoms with Crippen LogP contribution in [0.1, 0.15) is 58.8 Å². The summed E-state index contributed by atoms with van der Waals surface area (Å²) in [5.74, 6) is 1.61. The molecule has 0 aromatic heterocycles. The molecule has 0 bridgehead atoms. The molecule has 4 heteroatoms. The van der Waals surface area contributed by atoms with E-state index in [2.05, 4.69) is 10.2 Å². The number of hydrogen-bond acceptors (Lipinski definition) is 2. The van der Waals surface area contributed by atoms with E-state index in [-0.39, 0.29) is 11.8 Å². The van der Waals surface area contributed by atoms with Gasteiger partial charge in [-0.1, -0.05) is 13.8 Å². The zero-order valence-electron chi connectivity index (χ0n) is 12.7. The van der Waals surface area contributed by atoms with E-state index in [1.807, 2.05) is 13.8 Å². The summed E-state index contributed by atoms with van der Waals surface area (Å²) in [6.07, 6.45) is 6.88. The molecule has 112 valence electrons. The lowest BCUT2D eigenvalue weighted by molar-refractivity contribution is -0.142. The molecule has 3 rings (SSSR count). The molecule has 0 aromatic carbocycles. The minimum absolute atomic E-state index is 0.0369. The summed E-state index contributed by atoms with van der Waals surface area (Å²) >= 11 is 0. The van der Waals surface area contributed by atoms with Gasteiger partial charge in [0.2, 0.25) is 11.8 Å². The average molecular weight is 278 g/mol. The van der Waals surface area contributed by atoms with Crippen LogP contribution >= 0.6 is 0 Å². The zero-order valence-corrected chi connectivity index (χ0v) is 12.7. The fourth-order valence-corrected chi connectivity index (χ4v) is 3.76. The second-order valence-electron chi connectivity index (χ2n) is 6.75. The molecule has 3 fully saturated rings. The van der Waals surface area contributed by atoms with Crippen molar-refractivity contribution in [1.82, 2.24) is 10.2 Å². The second-order valence-corrected chi connectivity index (χ2v) is 6.75. The van der Waals surface area contributed by atoms with Gasteiger partial charge in [-0.3, -0.25) is 9.59 Å². The van der Waals surface area contributed by atoms with Gasteiger partial charge < -0.3 is 10.2 Å². The summed E-state index contributed by atoms with van der Waals surface area (Å²) in [6.45, 7) is 4.63. The lowest BCUT2D eigenvalue weighted by atomic mass is 9.90. The highest BCUT2D eigenvalue weighted by Crippen LogP contribution is 2.48. The Morgan fingerprint density at radius 3 is 2.15 bits per heavy atom. The number of carbonyl (C=O) groups excluding carboxylic acids is 2. The van der Waals surface area contributed by atoms with Gasteiger partial charge in [0.05, 0.1) is 0 Å². The summed E-state index contributed by atoms with van der Waals surface area (Å²) in [5.41, 5.74) is -0.657. The smallest absolute Gasteiger partial charge is 0.248 e. The molecule has 2 saturated carbocycles. The Labute approximate surface area is 121 Å². The Balaban J connectivity index is 1.88. The number of amides is 2. The highest BCUT2D eigenvalue weighted by Gasteiger charge is 2.51. The molecule has 2 amide bonds. The Morgan fingerprint density at radius 2 is 1.70 bits per heavy atom. The maximum Gasteiger partial charge on any atom is 0.248 e. The standard InChI is InChI=1S/C16H26N2O2/c1-3-16(4-2)15(20)18(10-9-13(19)17-16)14(11-5-6-11)12-7-8-12/h11-12,14H,3-10H2,1-2H3,(H,17,19). The van der Waals surface area contributed by atoms with Gasteiger partial charge in [-0.15, -0.1) is 0 Å². The number of nitrogens with one attached hydrogen (secondary N) is 1. The molecule has 0 atom stereocenters. The minimum Gasteiger partial charge on any atom is -0.342 e. The molecule has 0 radical (unpaired) electrons. The fourth-order valence-electron chi connectivity index (χ4n) is 3.76. The predicted octanol–water partition coefficient (Wildman–Crippen LogP) is 2.08. The third kappa shape index (κ3) is 2.33. The van der Waals surface area contributed by atoms with Crippen molar-refractivity contribution in [3.8, 4) is 0 Å². The summed E-state index contributed by atoms with van der Waals surface area (Å²) in [6, 6.07) is 0.410. The Hall–Kier alpha value is -1.06. The van der Waals surface area contributed by atoms with Crippen LogP contribution in [-0.4, -0.2) is 34.8 Å². The van der Waals surface area contributed by atoms with Crippen LogP contribution in [-0.2, 0) is 9.59 Å². The molecule has 1 N–H and O–H groups in total. The SMILES string of the molecule is CCC1(CC)NC(=O)CCN(C(C2CC2)C2CC2)C1=O. The maximum absolute atomic E-state index is 13.1. The molecule has 1 saturated heterocycles. The molecule has 0 unspecified atom stereocenters. The summed E-state index contributed by atoms with van der Waals surface area (Å²) in [5, 5.41) is 3.01. The molecular weight excluding hydrogens is 252 g/mol. The first-order valence-electron chi connectivity index (χ1n) is 8.23. The van der Waals surface area contributed by atoms with Crippen LogP contribution in [0.25, 0.3) is 0 Å². The largest absolute Gasteiger partial charge is 0.342 e. The van der Waals surface area contributed by atoms with Gasteiger partial charge in [0, 0.05) is 19.0 Å². The summed E-state index contributed by atoms with van der Waals surface area (Å²) in [7, 11) is 0. The second kappa shape index (κ2) is 5.05. The first-order chi connectivity index (χ1) is 9.61. The van der Waals surface area contributed by atoms with E-state index >= 15 is 0 Å². The van der Waals surface area contributed by atoms with Gasteiger partial charge in [-0.2, -0.15) is 0 Å². The van der Waals surface area contributed by atoms with Crippen molar-refractivity contribution in [2.45, 2.75) is 70.4 Å². The van der Waals surface area contributed by atoms with E-state index in [0.717, 1.165) is 0 Å². The van der Waals surface area contributed by atoms with Crippen molar-refractivity contribution in [2.24, 2.45) is 11.8 Å². The topological polar surface area (TPSA) is 49.4 Å². The molecule has 3 aliphatic rings. The normalized spacial score (nSPS) is 26.6. The van der Waals surface area contributed by atoms with Crippen molar-refractivity contribution < 1.29 is 9.59 Å². The predicted molar refractivity (Wildman–Crippen MR) is 77.0 cm³/mol. The van der Waals surface area contributed by atoms with Crippen molar-refractivity contribution in [2.75, 3.05) is 6.54 Å². The van der Waals surface area contributed by atoms with Gasteiger partial charge >= 0.3 is 0 Å². The van der Waals surface area contributed by atoms with Gasteiger partial charge in [0.1, 0.15) is 5.54 Å². The molecule has 0 spiro atoms. The van der Waals surface area contributed by atoms with E-state index in [1.165, 1.54) is 25.7 Å². The van der Waals surface area contributed by atoms with Crippen LogP contribution in [0.15, 0.2) is 0 Å². The molecule has 2 aliphatic carbocycles. The average Bonchev–Trinajstić information content (AvgIpc) is 3.31. The number of carbonyl (C=O) groups is 2. The van der Waals surface area contributed by atoms with Gasteiger partial charge in [0.15, 0.2) is 0 Å². The molecular formula is C16H26N2O2. The van der Waals surface area contributed by atoms with Crippen LogP contribution in [0, 0.1) is 11.8 Å². The lowest BCUT2D eigenvalue weighted by Gasteiger charge is -2.38. The first kappa shape index (κ1) is 13.9. The van der Waals surface area contributed by atoms with Crippen molar-refractivity contribution in [3.63, 3.8) is 0 Å². The van der Waals surface area contributed by atoms with Crippen molar-refractivity contribution in [1.29, 1.82) is 0 Å². The monoisotopic (exact) mass is 278 g/mol. The number of rotatable bonds is 5. The number of nitrogens with zero attached hydrogens (tertiary/aromatic N) is 1. The van der Waals surface area contributed by atoms with Crippen LogP contribution in [0.4, 0.5) is 0 Å². The van der Waals surface area contributed by atoms with Crippen molar-refractivity contribution >= 4 is 11.8 Å². The van der Waals surface area contributed by atoms with E-state index in [1.54, 1.807) is 0 Å². The zero-order chi connectivity index (χ0) is 14.3. The van der Waals surface area contributed by atoms with E-state index in [0.29, 0.717) is 43.7 Å². The Morgan fingerprint density at radius 1 is 1.15 bits per heavy atom.